The summed E-state index contributed by atoms with van der Waals surface area (Å²) in [7, 11) is 0. The molecule has 1 amide bonds. The maximum absolute atomic E-state index is 11.1. The molecule has 0 saturated heterocycles. The van der Waals surface area contributed by atoms with Crippen LogP contribution in [-0.2, 0) is 11.3 Å². The van der Waals surface area contributed by atoms with Crippen LogP contribution in [0.3, 0.4) is 0 Å². The zero-order chi connectivity index (χ0) is 13.0. The van der Waals surface area contributed by atoms with E-state index in [-0.39, 0.29) is 18.5 Å². The molecular weight excluding hydrogens is 282 g/mol. The van der Waals surface area contributed by atoms with Crippen LogP contribution in [0, 0.1) is 0 Å². The van der Waals surface area contributed by atoms with Crippen LogP contribution in [0.25, 0.3) is 0 Å². The maximum Gasteiger partial charge on any atom is 0.236 e. The van der Waals surface area contributed by atoms with Crippen molar-refractivity contribution in [2.45, 2.75) is 26.4 Å². The largest absolute Gasteiger partial charge is 0.368 e. The second-order valence-corrected chi connectivity index (χ2v) is 4.98. The molecule has 1 aromatic carbocycles. The van der Waals surface area contributed by atoms with Crippen LogP contribution >= 0.6 is 15.9 Å². The molecule has 0 fully saturated rings. The Hall–Kier alpha value is -1.07. The number of halogens is 1. The van der Waals surface area contributed by atoms with Crippen molar-refractivity contribution < 1.29 is 4.79 Å². The summed E-state index contributed by atoms with van der Waals surface area (Å²) < 4.78 is 0.952. The first-order valence-electron chi connectivity index (χ1n) is 5.49. The van der Waals surface area contributed by atoms with Crippen molar-refractivity contribution in [1.82, 2.24) is 0 Å². The minimum absolute atomic E-state index is 0.182. The molecule has 0 aliphatic carbocycles. The summed E-state index contributed by atoms with van der Waals surface area (Å²) in [4.78, 5) is 13.1. The van der Waals surface area contributed by atoms with Crippen molar-refractivity contribution in [2.75, 3.05) is 11.4 Å². The Balaban J connectivity index is 3.18. The predicted octanol–water partition coefficient (Wildman–Crippen LogP) is 1.61. The summed E-state index contributed by atoms with van der Waals surface area (Å²) in [6, 6.07) is 6.00. The Bertz CT molecular complexity index is 407. The number of hydrogen-bond donors (Lipinski definition) is 2. The molecule has 0 atom stereocenters. The fraction of sp³-hybridized carbons (Fsp3) is 0.417. The topological polar surface area (TPSA) is 72.3 Å². The number of carbonyl (C=O) groups is 1. The highest BCUT2D eigenvalue weighted by Gasteiger charge is 2.17. The Kier molecular flexibility index (Phi) is 4.96. The zero-order valence-electron chi connectivity index (χ0n) is 10.1. The molecule has 4 nitrogen and oxygen atoms in total. The van der Waals surface area contributed by atoms with Gasteiger partial charge in [-0.05, 0) is 26.0 Å². The van der Waals surface area contributed by atoms with Crippen molar-refractivity contribution in [1.29, 1.82) is 0 Å². The average Bonchev–Trinajstić information content (AvgIpc) is 2.25. The summed E-state index contributed by atoms with van der Waals surface area (Å²) in [5, 5.41) is 0. The third kappa shape index (κ3) is 3.44. The monoisotopic (exact) mass is 299 g/mol. The first-order valence-corrected chi connectivity index (χ1v) is 6.29. The van der Waals surface area contributed by atoms with Crippen LogP contribution < -0.4 is 16.4 Å². The SMILES string of the molecule is CC(C)N(CC(N)=O)c1cccc(Br)c1CN. The van der Waals surface area contributed by atoms with E-state index in [1.54, 1.807) is 0 Å². The lowest BCUT2D eigenvalue weighted by atomic mass is 10.1. The van der Waals surface area contributed by atoms with Gasteiger partial charge in [0.15, 0.2) is 0 Å². The standard InChI is InChI=1S/C12H18BrN3O/c1-8(2)16(7-12(15)17)11-5-3-4-10(13)9(11)6-14/h3-5,8H,6-7,14H2,1-2H3,(H2,15,17). The number of benzene rings is 1. The van der Waals surface area contributed by atoms with E-state index in [0.717, 1.165) is 15.7 Å². The first-order chi connectivity index (χ1) is 7.97. The third-order valence-corrected chi connectivity index (χ3v) is 3.30. The smallest absolute Gasteiger partial charge is 0.236 e. The van der Waals surface area contributed by atoms with Crippen molar-refractivity contribution in [3.05, 3.63) is 28.2 Å². The van der Waals surface area contributed by atoms with E-state index in [9.17, 15) is 4.79 Å². The molecule has 94 valence electrons. The first kappa shape index (κ1) is 14.0. The fourth-order valence-corrected chi connectivity index (χ4v) is 2.25. The third-order valence-electron chi connectivity index (χ3n) is 2.56. The maximum atomic E-state index is 11.1. The van der Waals surface area contributed by atoms with Crippen LogP contribution in [0.4, 0.5) is 5.69 Å². The molecular formula is C12H18BrN3O. The summed E-state index contributed by atoms with van der Waals surface area (Å²) >= 11 is 3.47. The molecule has 0 aromatic heterocycles. The quantitative estimate of drug-likeness (QED) is 0.867. The Morgan fingerprint density at radius 3 is 2.59 bits per heavy atom. The molecule has 4 N–H and O–H groups in total. The van der Waals surface area contributed by atoms with Gasteiger partial charge in [0.2, 0.25) is 5.91 Å². The molecule has 1 aromatic rings. The van der Waals surface area contributed by atoms with Crippen molar-refractivity contribution in [3.8, 4) is 0 Å². The second kappa shape index (κ2) is 6.02. The van der Waals surface area contributed by atoms with E-state index in [1.807, 2.05) is 36.9 Å². The number of nitrogens with zero attached hydrogens (tertiary/aromatic N) is 1. The van der Waals surface area contributed by atoms with Crippen molar-refractivity contribution >= 4 is 27.5 Å². The number of primary amides is 1. The van der Waals surface area contributed by atoms with Crippen LogP contribution in [0.1, 0.15) is 19.4 Å². The minimum Gasteiger partial charge on any atom is -0.368 e. The minimum atomic E-state index is -0.346. The molecule has 5 heteroatoms. The summed E-state index contributed by atoms with van der Waals surface area (Å²) in [5.74, 6) is -0.346. The van der Waals surface area contributed by atoms with Gasteiger partial charge in [-0.15, -0.1) is 0 Å². The second-order valence-electron chi connectivity index (χ2n) is 4.13. The molecule has 0 heterocycles. The summed E-state index contributed by atoms with van der Waals surface area (Å²) in [6.45, 7) is 4.65. The highest BCUT2D eigenvalue weighted by Crippen LogP contribution is 2.28. The van der Waals surface area contributed by atoms with Gasteiger partial charge < -0.3 is 16.4 Å². The molecule has 0 aliphatic rings. The molecule has 0 bridgehead atoms. The lowest BCUT2D eigenvalue weighted by Crippen LogP contribution is -2.39. The highest BCUT2D eigenvalue weighted by molar-refractivity contribution is 9.10. The molecule has 17 heavy (non-hydrogen) atoms. The van der Waals surface area contributed by atoms with Crippen molar-refractivity contribution in [3.63, 3.8) is 0 Å². The number of amides is 1. The molecule has 0 saturated carbocycles. The average molecular weight is 300 g/mol. The van der Waals surface area contributed by atoms with E-state index in [1.165, 1.54) is 0 Å². The molecule has 0 aliphatic heterocycles. The highest BCUT2D eigenvalue weighted by atomic mass is 79.9. The number of anilines is 1. The lowest BCUT2D eigenvalue weighted by molar-refractivity contribution is -0.116. The molecule has 1 rings (SSSR count). The van der Waals surface area contributed by atoms with Gasteiger partial charge in [-0.3, -0.25) is 4.79 Å². The van der Waals surface area contributed by atoms with Crippen LogP contribution in [0.15, 0.2) is 22.7 Å². The molecule has 0 spiro atoms. The van der Waals surface area contributed by atoms with E-state index in [2.05, 4.69) is 15.9 Å². The fourth-order valence-electron chi connectivity index (χ4n) is 1.73. The Morgan fingerprint density at radius 2 is 2.12 bits per heavy atom. The lowest BCUT2D eigenvalue weighted by Gasteiger charge is -2.30. The van der Waals surface area contributed by atoms with E-state index in [0.29, 0.717) is 6.54 Å². The van der Waals surface area contributed by atoms with Gasteiger partial charge in [0.05, 0.1) is 6.54 Å². The van der Waals surface area contributed by atoms with Crippen LogP contribution in [0.2, 0.25) is 0 Å². The predicted molar refractivity (Wildman–Crippen MR) is 73.7 cm³/mol. The summed E-state index contributed by atoms with van der Waals surface area (Å²) in [5.41, 5.74) is 13.0. The van der Waals surface area contributed by atoms with Gasteiger partial charge in [-0.25, -0.2) is 0 Å². The van der Waals surface area contributed by atoms with Gasteiger partial charge in [-0.2, -0.15) is 0 Å². The van der Waals surface area contributed by atoms with Gasteiger partial charge in [-0.1, -0.05) is 22.0 Å². The van der Waals surface area contributed by atoms with E-state index in [4.69, 9.17) is 11.5 Å². The van der Waals surface area contributed by atoms with E-state index < -0.39 is 0 Å². The van der Waals surface area contributed by atoms with Gasteiger partial charge in [0, 0.05) is 28.3 Å². The number of nitrogens with two attached hydrogens (primary N) is 2. The molecule has 0 unspecified atom stereocenters. The van der Waals surface area contributed by atoms with Gasteiger partial charge in [0.1, 0.15) is 0 Å². The normalized spacial score (nSPS) is 10.6. The van der Waals surface area contributed by atoms with Crippen molar-refractivity contribution in [2.24, 2.45) is 11.5 Å². The van der Waals surface area contributed by atoms with Crippen LogP contribution in [0.5, 0.6) is 0 Å². The number of carbonyl (C=O) groups excluding carboxylic acids is 1. The van der Waals surface area contributed by atoms with Gasteiger partial charge in [0.25, 0.3) is 0 Å². The molecule has 0 radical (unpaired) electrons. The zero-order valence-corrected chi connectivity index (χ0v) is 11.7. The summed E-state index contributed by atoms with van der Waals surface area (Å²) in [6.07, 6.45) is 0. The van der Waals surface area contributed by atoms with E-state index >= 15 is 0 Å². The Labute approximate surface area is 110 Å². The number of rotatable bonds is 5. The Morgan fingerprint density at radius 1 is 1.47 bits per heavy atom. The number of hydrogen-bond acceptors (Lipinski definition) is 3. The van der Waals surface area contributed by atoms with Gasteiger partial charge >= 0.3 is 0 Å². The van der Waals surface area contributed by atoms with Crippen LogP contribution in [-0.4, -0.2) is 18.5 Å².